The molecule has 0 atom stereocenters. The molecule has 2 aromatic rings. The number of carbonyl (C=O) groups excluding carboxylic acids is 1. The summed E-state index contributed by atoms with van der Waals surface area (Å²) in [7, 11) is 0. The molecular formula is C21H26N2O2S. The molecule has 0 unspecified atom stereocenters. The molecule has 4 nitrogen and oxygen atoms in total. The molecule has 0 radical (unpaired) electrons. The number of amides is 1. The summed E-state index contributed by atoms with van der Waals surface area (Å²) >= 11 is 1.70. The first-order valence-corrected chi connectivity index (χ1v) is 10.1. The molecule has 0 aromatic heterocycles. The van der Waals surface area contributed by atoms with Gasteiger partial charge < -0.3 is 10.1 Å². The van der Waals surface area contributed by atoms with E-state index in [9.17, 15) is 4.79 Å². The molecule has 0 bridgehead atoms. The molecule has 1 saturated heterocycles. The molecule has 1 N–H and O–H groups in total. The van der Waals surface area contributed by atoms with Crippen molar-refractivity contribution in [3.63, 3.8) is 0 Å². The average molecular weight is 371 g/mol. The third kappa shape index (κ3) is 5.34. The van der Waals surface area contributed by atoms with Gasteiger partial charge in [-0.2, -0.15) is 0 Å². The second-order valence-corrected chi connectivity index (χ2v) is 7.63. The Morgan fingerprint density at radius 1 is 1.12 bits per heavy atom. The lowest BCUT2D eigenvalue weighted by molar-refractivity contribution is 0.0342. The Kier molecular flexibility index (Phi) is 7.12. The molecule has 0 spiro atoms. The van der Waals surface area contributed by atoms with E-state index < -0.39 is 0 Å². The average Bonchev–Trinajstić information content (AvgIpc) is 2.68. The van der Waals surface area contributed by atoms with Gasteiger partial charge in [0, 0.05) is 31.1 Å². The number of ether oxygens (including phenoxy) is 1. The molecule has 138 valence electrons. The third-order valence-corrected chi connectivity index (χ3v) is 5.34. The van der Waals surface area contributed by atoms with Crippen LogP contribution in [0.2, 0.25) is 0 Å². The van der Waals surface area contributed by atoms with Gasteiger partial charge in [0.05, 0.1) is 18.8 Å². The second kappa shape index (κ2) is 9.76. The van der Waals surface area contributed by atoms with Crippen LogP contribution in [0.1, 0.15) is 28.4 Å². The molecule has 0 aliphatic carbocycles. The zero-order valence-corrected chi connectivity index (χ0v) is 16.1. The van der Waals surface area contributed by atoms with Gasteiger partial charge in [-0.1, -0.05) is 43.3 Å². The van der Waals surface area contributed by atoms with Crippen molar-refractivity contribution in [1.82, 2.24) is 10.2 Å². The van der Waals surface area contributed by atoms with Crippen LogP contribution < -0.4 is 5.32 Å². The highest BCUT2D eigenvalue weighted by Crippen LogP contribution is 2.22. The van der Waals surface area contributed by atoms with Crippen LogP contribution in [0.25, 0.3) is 0 Å². The van der Waals surface area contributed by atoms with Crippen LogP contribution in [-0.4, -0.2) is 42.9 Å². The van der Waals surface area contributed by atoms with Crippen molar-refractivity contribution < 1.29 is 9.53 Å². The minimum absolute atomic E-state index is 0.0138. The van der Waals surface area contributed by atoms with Gasteiger partial charge in [-0.05, 0) is 29.0 Å². The molecule has 0 saturated carbocycles. The number of carbonyl (C=O) groups is 1. The summed E-state index contributed by atoms with van der Waals surface area (Å²) in [4.78, 5) is 16.0. The van der Waals surface area contributed by atoms with E-state index in [2.05, 4.69) is 41.4 Å². The summed E-state index contributed by atoms with van der Waals surface area (Å²) in [5.41, 5.74) is 3.16. The molecule has 5 heteroatoms. The molecule has 1 fully saturated rings. The maximum atomic E-state index is 12.6. The van der Waals surface area contributed by atoms with E-state index in [0.29, 0.717) is 6.54 Å². The number of morpholine rings is 1. The van der Waals surface area contributed by atoms with Crippen LogP contribution in [0.15, 0.2) is 53.4 Å². The summed E-state index contributed by atoms with van der Waals surface area (Å²) in [5, 5.41) is 3.06. The minimum atomic E-state index is -0.0138. The number of nitrogens with one attached hydrogen (secondary N) is 1. The summed E-state index contributed by atoms with van der Waals surface area (Å²) in [6, 6.07) is 16.3. The number of nitrogens with zero attached hydrogens (tertiary/aromatic N) is 1. The molecule has 1 aliphatic heterocycles. The highest BCUT2D eigenvalue weighted by molar-refractivity contribution is 7.99. The standard InChI is InChI=1S/C21H26N2O2S/c1-2-26-20-9-4-3-8-19(20)21(24)22-15-17-6-5-7-18(14-17)16-23-10-12-25-13-11-23/h3-9,14H,2,10-13,15-16H2,1H3,(H,22,24). The number of benzene rings is 2. The van der Waals surface area contributed by atoms with Crippen molar-refractivity contribution in [3.05, 3.63) is 65.2 Å². The van der Waals surface area contributed by atoms with Crippen molar-refractivity contribution in [2.24, 2.45) is 0 Å². The first kappa shape index (κ1) is 19.0. The summed E-state index contributed by atoms with van der Waals surface area (Å²) in [6.45, 7) is 7.15. The van der Waals surface area contributed by atoms with E-state index in [0.717, 1.165) is 54.6 Å². The van der Waals surface area contributed by atoms with Crippen molar-refractivity contribution in [1.29, 1.82) is 0 Å². The van der Waals surface area contributed by atoms with Gasteiger partial charge in [0.15, 0.2) is 0 Å². The van der Waals surface area contributed by atoms with Crippen LogP contribution in [-0.2, 0) is 17.8 Å². The Hall–Kier alpha value is -1.82. The van der Waals surface area contributed by atoms with E-state index in [1.54, 1.807) is 11.8 Å². The fourth-order valence-electron chi connectivity index (χ4n) is 3.07. The number of thioether (sulfide) groups is 1. The van der Waals surface area contributed by atoms with Crippen LogP contribution in [0.5, 0.6) is 0 Å². The summed E-state index contributed by atoms with van der Waals surface area (Å²) in [6.07, 6.45) is 0. The van der Waals surface area contributed by atoms with E-state index >= 15 is 0 Å². The normalized spacial score (nSPS) is 15.0. The maximum absolute atomic E-state index is 12.6. The van der Waals surface area contributed by atoms with Gasteiger partial charge in [0.1, 0.15) is 0 Å². The smallest absolute Gasteiger partial charge is 0.252 e. The highest BCUT2D eigenvalue weighted by atomic mass is 32.2. The lowest BCUT2D eigenvalue weighted by Crippen LogP contribution is -2.35. The zero-order valence-electron chi connectivity index (χ0n) is 15.2. The molecule has 3 rings (SSSR count). The van der Waals surface area contributed by atoms with Crippen LogP contribution in [0.3, 0.4) is 0 Å². The fraction of sp³-hybridized carbons (Fsp3) is 0.381. The Morgan fingerprint density at radius 3 is 2.69 bits per heavy atom. The maximum Gasteiger partial charge on any atom is 0.252 e. The summed E-state index contributed by atoms with van der Waals surface area (Å²) < 4.78 is 5.40. The van der Waals surface area contributed by atoms with E-state index in [1.165, 1.54) is 5.56 Å². The highest BCUT2D eigenvalue weighted by Gasteiger charge is 2.12. The molecule has 1 amide bonds. The second-order valence-electron chi connectivity index (χ2n) is 6.32. The predicted molar refractivity (Wildman–Crippen MR) is 107 cm³/mol. The van der Waals surface area contributed by atoms with Gasteiger partial charge in [-0.15, -0.1) is 11.8 Å². The van der Waals surface area contributed by atoms with E-state index in [1.807, 2.05) is 24.3 Å². The fourth-order valence-corrected chi connectivity index (χ4v) is 3.87. The van der Waals surface area contributed by atoms with Gasteiger partial charge in [0.2, 0.25) is 0 Å². The Bertz CT molecular complexity index is 729. The van der Waals surface area contributed by atoms with Crippen molar-refractivity contribution in [3.8, 4) is 0 Å². The van der Waals surface area contributed by atoms with E-state index in [-0.39, 0.29) is 5.91 Å². The number of rotatable bonds is 7. The third-order valence-electron chi connectivity index (χ3n) is 4.39. The SMILES string of the molecule is CCSc1ccccc1C(=O)NCc1cccc(CN2CCOCC2)c1. The Balaban J connectivity index is 1.59. The van der Waals surface area contributed by atoms with Gasteiger partial charge in [-0.25, -0.2) is 0 Å². The zero-order chi connectivity index (χ0) is 18.2. The first-order valence-electron chi connectivity index (χ1n) is 9.14. The minimum Gasteiger partial charge on any atom is -0.379 e. The van der Waals surface area contributed by atoms with Crippen molar-refractivity contribution in [2.45, 2.75) is 24.9 Å². The van der Waals surface area contributed by atoms with Gasteiger partial charge >= 0.3 is 0 Å². The predicted octanol–water partition coefficient (Wildman–Crippen LogP) is 3.56. The van der Waals surface area contributed by atoms with Crippen molar-refractivity contribution in [2.75, 3.05) is 32.1 Å². The molecule has 26 heavy (non-hydrogen) atoms. The largest absolute Gasteiger partial charge is 0.379 e. The topological polar surface area (TPSA) is 41.6 Å². The Morgan fingerprint density at radius 2 is 1.88 bits per heavy atom. The van der Waals surface area contributed by atoms with Crippen molar-refractivity contribution >= 4 is 17.7 Å². The molecule has 2 aromatic carbocycles. The number of hydrogen-bond donors (Lipinski definition) is 1. The van der Waals surface area contributed by atoms with Gasteiger partial charge in [0.25, 0.3) is 5.91 Å². The van der Waals surface area contributed by atoms with Crippen LogP contribution >= 0.6 is 11.8 Å². The van der Waals surface area contributed by atoms with Crippen LogP contribution in [0, 0.1) is 0 Å². The monoisotopic (exact) mass is 370 g/mol. The lowest BCUT2D eigenvalue weighted by Gasteiger charge is -2.26. The molecule has 1 heterocycles. The Labute approximate surface area is 159 Å². The molecular weight excluding hydrogens is 344 g/mol. The van der Waals surface area contributed by atoms with E-state index in [4.69, 9.17) is 4.74 Å². The quantitative estimate of drug-likeness (QED) is 0.757. The number of hydrogen-bond acceptors (Lipinski definition) is 4. The summed E-state index contributed by atoms with van der Waals surface area (Å²) in [5.74, 6) is 0.938. The van der Waals surface area contributed by atoms with Gasteiger partial charge in [-0.3, -0.25) is 9.69 Å². The van der Waals surface area contributed by atoms with Crippen LogP contribution in [0.4, 0.5) is 0 Å². The first-order chi connectivity index (χ1) is 12.8. The lowest BCUT2D eigenvalue weighted by atomic mass is 10.1. The molecule has 1 aliphatic rings.